The molecule has 0 atom stereocenters. The van der Waals surface area contributed by atoms with Crippen molar-refractivity contribution in [1.29, 1.82) is 0 Å². The number of para-hydroxylation sites is 1. The van der Waals surface area contributed by atoms with Crippen LogP contribution in [0.5, 0.6) is 0 Å². The van der Waals surface area contributed by atoms with Crippen LogP contribution in [0, 0.1) is 17.0 Å². The quantitative estimate of drug-likeness (QED) is 0.460. The van der Waals surface area contributed by atoms with Crippen LogP contribution in [-0.2, 0) is 0 Å². The molecule has 0 radical (unpaired) electrons. The minimum Gasteiger partial charge on any atom is -0.372 e. The molecule has 1 heterocycles. The smallest absolute Gasteiger partial charge is 0.278 e. The van der Waals surface area contributed by atoms with Crippen molar-refractivity contribution in [2.24, 2.45) is 0 Å². The number of nitro groups is 1. The van der Waals surface area contributed by atoms with Crippen LogP contribution in [-0.4, -0.2) is 23.2 Å². The van der Waals surface area contributed by atoms with E-state index in [-0.39, 0.29) is 5.69 Å². The van der Waals surface area contributed by atoms with Crippen LogP contribution in [0.25, 0.3) is 11.3 Å². The maximum atomic E-state index is 11.4. The second kappa shape index (κ2) is 7.90. The molecule has 3 rings (SSSR count). The first kappa shape index (κ1) is 18.4. The lowest BCUT2D eigenvalue weighted by Gasteiger charge is -2.21. The Balaban J connectivity index is 1.94. The van der Waals surface area contributed by atoms with Crippen LogP contribution in [0.4, 0.5) is 22.7 Å². The number of benzene rings is 2. The third-order valence-corrected chi connectivity index (χ3v) is 4.48. The summed E-state index contributed by atoms with van der Waals surface area (Å²) in [6, 6.07) is 14.5. The van der Waals surface area contributed by atoms with Gasteiger partial charge in [-0.3, -0.25) is 10.1 Å². The molecule has 0 amide bonds. The van der Waals surface area contributed by atoms with Crippen LogP contribution in [0.2, 0.25) is 0 Å². The van der Waals surface area contributed by atoms with Crippen LogP contribution in [0.3, 0.4) is 0 Å². The van der Waals surface area contributed by atoms with Gasteiger partial charge in [0.25, 0.3) is 5.69 Å². The predicted molar refractivity (Wildman–Crippen MR) is 107 cm³/mol. The predicted octanol–water partition coefficient (Wildman–Crippen LogP) is 5.15. The monoisotopic (exact) mass is 366 g/mol. The molecule has 0 aliphatic carbocycles. The lowest BCUT2D eigenvalue weighted by Crippen LogP contribution is -2.21. The zero-order valence-corrected chi connectivity index (χ0v) is 15.6. The molecule has 0 saturated carbocycles. The van der Waals surface area contributed by atoms with Gasteiger partial charge in [-0.2, -0.15) is 0 Å². The normalized spacial score (nSPS) is 10.6. The van der Waals surface area contributed by atoms with Gasteiger partial charge in [0.2, 0.25) is 0 Å². The third-order valence-electron chi connectivity index (χ3n) is 4.48. The van der Waals surface area contributed by atoms with Crippen molar-refractivity contribution >= 4 is 22.7 Å². The molecule has 1 aromatic heterocycles. The van der Waals surface area contributed by atoms with E-state index in [2.05, 4.69) is 29.2 Å². The summed E-state index contributed by atoms with van der Waals surface area (Å²) in [6.45, 7) is 7.90. The molecule has 0 bridgehead atoms. The van der Waals surface area contributed by atoms with Crippen molar-refractivity contribution in [3.8, 4) is 11.3 Å². The molecule has 0 aliphatic rings. The van der Waals surface area contributed by atoms with Gasteiger partial charge in [0, 0.05) is 30.5 Å². The average Bonchev–Trinajstić information content (AvgIpc) is 3.04. The second-order valence-corrected chi connectivity index (χ2v) is 6.08. The van der Waals surface area contributed by atoms with Gasteiger partial charge in [0.05, 0.1) is 10.5 Å². The number of aryl methyl sites for hydroxylation is 1. The number of aromatic nitrogens is 1. The Hall–Kier alpha value is -3.35. The first-order valence-electron chi connectivity index (χ1n) is 8.87. The first-order chi connectivity index (χ1) is 13.0. The molecule has 0 saturated heterocycles. The molecular formula is C20H22N4O3. The lowest BCUT2D eigenvalue weighted by molar-refractivity contribution is -0.384. The van der Waals surface area contributed by atoms with E-state index in [1.165, 1.54) is 6.07 Å². The maximum Gasteiger partial charge on any atom is 0.278 e. The van der Waals surface area contributed by atoms with E-state index in [1.807, 2.05) is 24.3 Å². The van der Waals surface area contributed by atoms with Gasteiger partial charge in [-0.1, -0.05) is 17.3 Å². The number of hydrogen-bond donors (Lipinski definition) is 1. The van der Waals surface area contributed by atoms with Gasteiger partial charge in [-0.15, -0.1) is 0 Å². The number of anilines is 3. The number of rotatable bonds is 7. The summed E-state index contributed by atoms with van der Waals surface area (Å²) in [5.74, 6) is 0.566. The Morgan fingerprint density at radius 2 is 1.78 bits per heavy atom. The number of nitrogens with zero attached hydrogens (tertiary/aromatic N) is 3. The summed E-state index contributed by atoms with van der Waals surface area (Å²) < 4.78 is 5.31. The van der Waals surface area contributed by atoms with Gasteiger partial charge in [-0.05, 0) is 51.1 Å². The summed E-state index contributed by atoms with van der Waals surface area (Å²) in [7, 11) is 0. The molecule has 27 heavy (non-hydrogen) atoms. The van der Waals surface area contributed by atoms with Gasteiger partial charge < -0.3 is 14.7 Å². The highest BCUT2D eigenvalue weighted by molar-refractivity contribution is 5.83. The molecule has 1 N–H and O–H groups in total. The van der Waals surface area contributed by atoms with Crippen LogP contribution < -0.4 is 10.2 Å². The van der Waals surface area contributed by atoms with E-state index in [9.17, 15) is 10.1 Å². The van der Waals surface area contributed by atoms with Crippen LogP contribution >= 0.6 is 0 Å². The fourth-order valence-electron chi connectivity index (χ4n) is 3.02. The van der Waals surface area contributed by atoms with Gasteiger partial charge >= 0.3 is 0 Å². The van der Waals surface area contributed by atoms with Crippen molar-refractivity contribution < 1.29 is 9.45 Å². The Morgan fingerprint density at radius 1 is 1.11 bits per heavy atom. The molecule has 7 heteroatoms. The molecule has 0 unspecified atom stereocenters. The summed E-state index contributed by atoms with van der Waals surface area (Å²) in [5, 5.41) is 18.7. The van der Waals surface area contributed by atoms with E-state index in [0.29, 0.717) is 22.7 Å². The number of nitro benzene ring substituents is 1. The van der Waals surface area contributed by atoms with Crippen molar-refractivity contribution in [3.63, 3.8) is 0 Å². The minimum atomic E-state index is -0.415. The Bertz CT molecular complexity index is 931. The standard InChI is InChI=1S/C20H22N4O3/c1-4-23(5-2)16-12-10-15(11-13-16)21-19-14(3)27-22-20(19)17-8-6-7-9-18(17)24(25)26/h6-13,21H,4-5H2,1-3H3. The van der Waals surface area contributed by atoms with Gasteiger partial charge in [0.15, 0.2) is 5.76 Å². The van der Waals surface area contributed by atoms with Crippen LogP contribution in [0.1, 0.15) is 19.6 Å². The SMILES string of the molecule is CCN(CC)c1ccc(Nc2c(-c3ccccc3[N+](=O)[O-])noc2C)cc1. The first-order valence-corrected chi connectivity index (χ1v) is 8.87. The highest BCUT2D eigenvalue weighted by Crippen LogP contribution is 2.37. The fourth-order valence-corrected chi connectivity index (χ4v) is 3.02. The fraction of sp³-hybridized carbons (Fsp3) is 0.250. The highest BCUT2D eigenvalue weighted by atomic mass is 16.6. The van der Waals surface area contributed by atoms with Crippen molar-refractivity contribution in [1.82, 2.24) is 5.16 Å². The van der Waals surface area contributed by atoms with E-state index in [4.69, 9.17) is 4.52 Å². The summed E-state index contributed by atoms with van der Waals surface area (Å²) >= 11 is 0. The molecule has 0 spiro atoms. The third kappa shape index (κ3) is 3.76. The molecule has 0 fully saturated rings. The average molecular weight is 366 g/mol. The summed E-state index contributed by atoms with van der Waals surface area (Å²) in [4.78, 5) is 13.2. The zero-order valence-electron chi connectivity index (χ0n) is 15.6. The molecule has 2 aromatic carbocycles. The maximum absolute atomic E-state index is 11.4. The molecule has 0 aliphatic heterocycles. The van der Waals surface area contributed by atoms with E-state index in [0.717, 1.165) is 24.5 Å². The largest absolute Gasteiger partial charge is 0.372 e. The van der Waals surface area contributed by atoms with Gasteiger partial charge in [0.1, 0.15) is 11.4 Å². The Morgan fingerprint density at radius 3 is 2.41 bits per heavy atom. The highest BCUT2D eigenvalue weighted by Gasteiger charge is 2.22. The van der Waals surface area contributed by atoms with Crippen molar-refractivity contribution in [2.75, 3.05) is 23.3 Å². The molecular weight excluding hydrogens is 344 g/mol. The van der Waals surface area contributed by atoms with E-state index < -0.39 is 4.92 Å². The topological polar surface area (TPSA) is 84.4 Å². The summed E-state index contributed by atoms with van der Waals surface area (Å²) in [6.07, 6.45) is 0. The van der Waals surface area contributed by atoms with Crippen LogP contribution in [0.15, 0.2) is 53.1 Å². The molecule has 3 aromatic rings. The Kier molecular flexibility index (Phi) is 5.40. The molecule has 140 valence electrons. The number of nitrogens with one attached hydrogen (secondary N) is 1. The van der Waals surface area contributed by atoms with E-state index >= 15 is 0 Å². The minimum absolute atomic E-state index is 0.00858. The van der Waals surface area contributed by atoms with Crippen molar-refractivity contribution in [3.05, 3.63) is 64.4 Å². The summed E-state index contributed by atoms with van der Waals surface area (Å²) in [5.41, 5.74) is 3.46. The Labute approximate surface area is 157 Å². The molecule has 7 nitrogen and oxygen atoms in total. The second-order valence-electron chi connectivity index (χ2n) is 6.08. The van der Waals surface area contributed by atoms with Gasteiger partial charge in [-0.25, -0.2) is 0 Å². The zero-order chi connectivity index (χ0) is 19.4. The lowest BCUT2D eigenvalue weighted by atomic mass is 10.1. The number of hydrogen-bond acceptors (Lipinski definition) is 6. The van der Waals surface area contributed by atoms with E-state index in [1.54, 1.807) is 25.1 Å². The van der Waals surface area contributed by atoms with Crippen molar-refractivity contribution in [2.45, 2.75) is 20.8 Å².